The van der Waals surface area contributed by atoms with Crippen molar-refractivity contribution >= 4 is 32.5 Å². The van der Waals surface area contributed by atoms with Gasteiger partial charge in [-0.15, -0.1) is 0 Å². The van der Waals surface area contributed by atoms with Crippen LogP contribution in [0.15, 0.2) is 65.7 Å². The Bertz CT molecular complexity index is 1720. The van der Waals surface area contributed by atoms with Gasteiger partial charge in [0, 0.05) is 30.2 Å². The fourth-order valence-corrected chi connectivity index (χ4v) is 6.69. The average Bonchev–Trinajstić information content (AvgIpc) is 3.12. The molecule has 4 aromatic rings. The van der Waals surface area contributed by atoms with Crippen LogP contribution in [0.3, 0.4) is 0 Å². The number of carbonyl (C=O) groups is 1. The smallest absolute Gasteiger partial charge is 0.251 e. The van der Waals surface area contributed by atoms with Gasteiger partial charge in [0.25, 0.3) is 5.91 Å². The van der Waals surface area contributed by atoms with Gasteiger partial charge in [-0.1, -0.05) is 6.07 Å². The number of pyridine rings is 3. The number of ether oxygens (including phenoxy) is 2. The van der Waals surface area contributed by atoms with E-state index in [0.717, 1.165) is 41.2 Å². The second-order valence-electron chi connectivity index (χ2n) is 10.5. The lowest BCUT2D eigenvalue weighted by atomic mass is 10.1. The standard InChI is InChI=1S/C30H31N5O5S/c1-19-17-35(18-20(2)40-19)29-6-3-5-24(34-29)25-9-7-22-15-31-23(14-26(22)33-25)16-32-30(36)21-8-10-27-28(13-21)41(37,38)12-4-11-39-27/h3,5-10,13-15,19-20H,4,11-12,16-18H2,1-2H3,(H,32,36)/t19-,20+. The number of amides is 1. The maximum Gasteiger partial charge on any atom is 0.251 e. The number of benzene rings is 1. The van der Waals surface area contributed by atoms with E-state index in [1.54, 1.807) is 12.3 Å². The lowest BCUT2D eigenvalue weighted by molar-refractivity contribution is -0.00545. The normalized spacial score (nSPS) is 20.1. The van der Waals surface area contributed by atoms with E-state index in [0.29, 0.717) is 18.7 Å². The van der Waals surface area contributed by atoms with Gasteiger partial charge in [-0.2, -0.15) is 0 Å². The van der Waals surface area contributed by atoms with Crippen LogP contribution < -0.4 is 15.0 Å². The number of rotatable bonds is 5. The SMILES string of the molecule is C[C@@H]1CN(c2cccc(-c3ccc4cnc(CNC(=O)c5ccc6c(c5)S(=O)(=O)CCCO6)cc4n3)n2)C[C@H](C)O1. The van der Waals surface area contributed by atoms with Crippen LogP contribution in [0.2, 0.25) is 0 Å². The monoisotopic (exact) mass is 573 g/mol. The molecule has 212 valence electrons. The Kier molecular flexibility index (Phi) is 7.31. The van der Waals surface area contributed by atoms with E-state index in [-0.39, 0.29) is 40.7 Å². The second-order valence-corrected chi connectivity index (χ2v) is 12.6. The minimum absolute atomic E-state index is 0.00743. The molecule has 2 aliphatic heterocycles. The van der Waals surface area contributed by atoms with E-state index in [4.69, 9.17) is 19.4 Å². The lowest BCUT2D eigenvalue weighted by Gasteiger charge is -2.36. The lowest BCUT2D eigenvalue weighted by Crippen LogP contribution is -2.45. The van der Waals surface area contributed by atoms with Crippen molar-refractivity contribution < 1.29 is 22.7 Å². The number of carbonyl (C=O) groups excluding carboxylic acids is 1. The van der Waals surface area contributed by atoms with Gasteiger partial charge >= 0.3 is 0 Å². The molecule has 0 aliphatic carbocycles. The first-order chi connectivity index (χ1) is 19.7. The third-order valence-electron chi connectivity index (χ3n) is 7.16. The number of aromatic nitrogens is 3. The summed E-state index contributed by atoms with van der Waals surface area (Å²) in [5.41, 5.74) is 3.11. The molecular formula is C30H31N5O5S. The van der Waals surface area contributed by atoms with Gasteiger partial charge in [0.15, 0.2) is 9.84 Å². The summed E-state index contributed by atoms with van der Waals surface area (Å²) in [5.74, 6) is 0.767. The van der Waals surface area contributed by atoms with Crippen LogP contribution in [0.25, 0.3) is 22.3 Å². The van der Waals surface area contributed by atoms with E-state index in [1.807, 2.05) is 36.4 Å². The highest BCUT2D eigenvalue weighted by molar-refractivity contribution is 7.91. The number of morpholine rings is 1. The van der Waals surface area contributed by atoms with E-state index in [2.05, 4.69) is 29.0 Å². The van der Waals surface area contributed by atoms with Gasteiger partial charge < -0.3 is 19.7 Å². The molecule has 11 heteroatoms. The number of hydrogen-bond donors (Lipinski definition) is 1. The van der Waals surface area contributed by atoms with Crippen molar-refractivity contribution in [1.29, 1.82) is 0 Å². The summed E-state index contributed by atoms with van der Waals surface area (Å²) in [6.45, 7) is 6.18. The molecule has 2 aliphatic rings. The van der Waals surface area contributed by atoms with Crippen molar-refractivity contribution in [3.63, 3.8) is 0 Å². The van der Waals surface area contributed by atoms with Gasteiger partial charge in [-0.05, 0) is 68.8 Å². The minimum Gasteiger partial charge on any atom is -0.492 e. The minimum atomic E-state index is -3.51. The number of nitrogens with one attached hydrogen (secondary N) is 1. The second kappa shape index (κ2) is 11.1. The van der Waals surface area contributed by atoms with Crippen LogP contribution >= 0.6 is 0 Å². The fraction of sp³-hybridized carbons (Fsp3) is 0.333. The molecule has 1 amide bonds. The number of hydrogen-bond acceptors (Lipinski definition) is 9. The third kappa shape index (κ3) is 5.86. The van der Waals surface area contributed by atoms with E-state index in [1.165, 1.54) is 12.1 Å². The molecule has 1 N–H and O–H groups in total. The predicted molar refractivity (Wildman–Crippen MR) is 155 cm³/mol. The van der Waals surface area contributed by atoms with Crippen molar-refractivity contribution in [2.75, 3.05) is 30.3 Å². The summed E-state index contributed by atoms with van der Waals surface area (Å²) in [7, 11) is -3.51. The van der Waals surface area contributed by atoms with Crippen LogP contribution in [-0.2, 0) is 21.1 Å². The first kappa shape index (κ1) is 27.1. The Hall–Kier alpha value is -4.09. The Morgan fingerprint density at radius 2 is 1.83 bits per heavy atom. The first-order valence-corrected chi connectivity index (χ1v) is 15.3. The molecule has 5 heterocycles. The van der Waals surface area contributed by atoms with Crippen LogP contribution in [0.5, 0.6) is 5.75 Å². The Morgan fingerprint density at radius 3 is 2.66 bits per heavy atom. The van der Waals surface area contributed by atoms with Gasteiger partial charge in [-0.25, -0.2) is 18.4 Å². The average molecular weight is 574 g/mol. The van der Waals surface area contributed by atoms with E-state index < -0.39 is 15.7 Å². The Morgan fingerprint density at radius 1 is 1.02 bits per heavy atom. The van der Waals surface area contributed by atoms with Gasteiger partial charge in [0.2, 0.25) is 0 Å². The molecular weight excluding hydrogens is 542 g/mol. The zero-order valence-corrected chi connectivity index (χ0v) is 23.7. The molecule has 0 spiro atoms. The molecule has 41 heavy (non-hydrogen) atoms. The molecule has 2 atom stereocenters. The summed E-state index contributed by atoms with van der Waals surface area (Å²) < 4.78 is 36.6. The van der Waals surface area contributed by atoms with Crippen LogP contribution in [0, 0.1) is 0 Å². The zero-order valence-electron chi connectivity index (χ0n) is 22.9. The summed E-state index contributed by atoms with van der Waals surface area (Å²) >= 11 is 0. The molecule has 0 radical (unpaired) electrons. The van der Waals surface area contributed by atoms with Gasteiger partial charge in [-0.3, -0.25) is 9.78 Å². The molecule has 3 aromatic heterocycles. The topological polar surface area (TPSA) is 124 Å². The van der Waals surface area contributed by atoms with Gasteiger partial charge in [0.05, 0.1) is 53.7 Å². The predicted octanol–water partition coefficient (Wildman–Crippen LogP) is 3.79. The highest BCUT2D eigenvalue weighted by atomic mass is 32.2. The number of fused-ring (bicyclic) bond motifs is 2. The van der Waals surface area contributed by atoms with Crippen molar-refractivity contribution in [3.05, 3.63) is 72.1 Å². The number of anilines is 1. The first-order valence-electron chi connectivity index (χ1n) is 13.7. The van der Waals surface area contributed by atoms with E-state index in [9.17, 15) is 13.2 Å². The quantitative estimate of drug-likeness (QED) is 0.380. The highest BCUT2D eigenvalue weighted by Crippen LogP contribution is 2.29. The number of nitrogens with zero attached hydrogens (tertiary/aromatic N) is 4. The Labute approximate surface area is 238 Å². The summed E-state index contributed by atoms with van der Waals surface area (Å²) in [4.78, 5) is 29.4. The van der Waals surface area contributed by atoms with Crippen LogP contribution in [0.4, 0.5) is 5.82 Å². The maximum absolute atomic E-state index is 12.9. The fourth-order valence-electron chi connectivity index (χ4n) is 5.23. The Balaban J connectivity index is 1.19. The van der Waals surface area contributed by atoms with Crippen LogP contribution in [0.1, 0.15) is 36.3 Å². The molecule has 0 bridgehead atoms. The highest BCUT2D eigenvalue weighted by Gasteiger charge is 2.25. The molecule has 0 saturated carbocycles. The summed E-state index contributed by atoms with van der Waals surface area (Å²) in [6.07, 6.45) is 2.40. The molecule has 1 aromatic carbocycles. The summed E-state index contributed by atoms with van der Waals surface area (Å²) in [6, 6.07) is 16.1. The largest absolute Gasteiger partial charge is 0.492 e. The van der Waals surface area contributed by atoms with E-state index >= 15 is 0 Å². The molecule has 0 unspecified atom stereocenters. The third-order valence-corrected chi connectivity index (χ3v) is 8.97. The van der Waals surface area contributed by atoms with Crippen molar-refractivity contribution in [3.8, 4) is 17.1 Å². The van der Waals surface area contributed by atoms with Crippen molar-refractivity contribution in [1.82, 2.24) is 20.3 Å². The van der Waals surface area contributed by atoms with Crippen molar-refractivity contribution in [2.24, 2.45) is 0 Å². The molecule has 1 saturated heterocycles. The summed E-state index contributed by atoms with van der Waals surface area (Å²) in [5, 5.41) is 3.70. The zero-order chi connectivity index (χ0) is 28.6. The maximum atomic E-state index is 12.9. The molecule has 1 fully saturated rings. The molecule has 10 nitrogen and oxygen atoms in total. The van der Waals surface area contributed by atoms with Crippen LogP contribution in [-0.4, -0.2) is 66.9 Å². The van der Waals surface area contributed by atoms with Gasteiger partial charge in [0.1, 0.15) is 16.5 Å². The van der Waals surface area contributed by atoms with Crippen molar-refractivity contribution in [2.45, 2.75) is 43.9 Å². The number of sulfone groups is 1. The molecule has 6 rings (SSSR count).